The molecule has 18 heavy (non-hydrogen) atoms. The van der Waals surface area contributed by atoms with Gasteiger partial charge in [-0.3, -0.25) is 0 Å². The number of hydrogen-bond acceptors (Lipinski definition) is 2. The van der Waals surface area contributed by atoms with Crippen molar-refractivity contribution < 1.29 is 9.90 Å². The van der Waals surface area contributed by atoms with E-state index in [9.17, 15) is 4.79 Å². The Morgan fingerprint density at radius 2 is 2.22 bits per heavy atom. The summed E-state index contributed by atoms with van der Waals surface area (Å²) in [7, 11) is 0. The molecule has 0 aliphatic rings. The van der Waals surface area contributed by atoms with Crippen LogP contribution in [-0.2, 0) is 11.2 Å². The Labute approximate surface area is 105 Å². The number of nitrogens with zero attached hydrogens (tertiary/aromatic N) is 2. The third-order valence-electron chi connectivity index (χ3n) is 2.64. The quantitative estimate of drug-likeness (QED) is 0.838. The molecule has 0 aliphatic carbocycles. The zero-order valence-electron chi connectivity index (χ0n) is 10.1. The summed E-state index contributed by atoms with van der Waals surface area (Å²) in [6.45, 7) is 2.04. The molecule has 1 N–H and O–H groups in total. The monoisotopic (exact) mass is 242 g/mol. The number of aliphatic carboxylic acids is 1. The van der Waals surface area contributed by atoms with Crippen LogP contribution in [-0.4, -0.2) is 20.6 Å². The minimum absolute atomic E-state index is 0.823. The summed E-state index contributed by atoms with van der Waals surface area (Å²) in [5.41, 5.74) is 1.79. The molecule has 4 nitrogen and oxygen atoms in total. The lowest BCUT2D eigenvalue weighted by atomic mass is 10.1. The van der Waals surface area contributed by atoms with Crippen molar-refractivity contribution >= 4 is 12.0 Å². The van der Waals surface area contributed by atoms with Gasteiger partial charge in [0.05, 0.1) is 5.69 Å². The lowest BCUT2D eigenvalue weighted by Crippen LogP contribution is -2.01. The van der Waals surface area contributed by atoms with Crippen molar-refractivity contribution in [2.45, 2.75) is 13.3 Å². The highest BCUT2D eigenvalue weighted by Gasteiger charge is 2.06. The van der Waals surface area contributed by atoms with Crippen LogP contribution in [0, 0.1) is 0 Å². The Kier molecular flexibility index (Phi) is 3.57. The average Bonchev–Trinajstić information content (AvgIpc) is 2.84. The van der Waals surface area contributed by atoms with Gasteiger partial charge in [-0.25, -0.2) is 9.78 Å². The highest BCUT2D eigenvalue weighted by molar-refractivity contribution is 5.86. The van der Waals surface area contributed by atoms with Crippen LogP contribution >= 0.6 is 0 Å². The second-order valence-corrected chi connectivity index (χ2v) is 3.80. The molecule has 0 amide bonds. The van der Waals surface area contributed by atoms with Crippen molar-refractivity contribution in [3.8, 4) is 5.69 Å². The van der Waals surface area contributed by atoms with Gasteiger partial charge in [-0.1, -0.05) is 25.1 Å². The van der Waals surface area contributed by atoms with Crippen LogP contribution in [0.4, 0.5) is 0 Å². The molecule has 92 valence electrons. The van der Waals surface area contributed by atoms with Crippen molar-refractivity contribution in [3.63, 3.8) is 0 Å². The SMILES string of the molecule is CCc1nccn1-c1ccccc1C=CC(=O)O. The van der Waals surface area contributed by atoms with Gasteiger partial charge in [0.1, 0.15) is 5.82 Å². The van der Waals surface area contributed by atoms with Crippen LogP contribution in [0.5, 0.6) is 0 Å². The maximum absolute atomic E-state index is 10.6. The number of hydrogen-bond donors (Lipinski definition) is 1. The highest BCUT2D eigenvalue weighted by Crippen LogP contribution is 2.18. The number of carboxylic acids is 1. The van der Waals surface area contributed by atoms with E-state index in [4.69, 9.17) is 5.11 Å². The minimum Gasteiger partial charge on any atom is -0.478 e. The van der Waals surface area contributed by atoms with Crippen molar-refractivity contribution in [3.05, 3.63) is 54.1 Å². The summed E-state index contributed by atoms with van der Waals surface area (Å²) in [5.74, 6) is -0.00248. The fourth-order valence-corrected chi connectivity index (χ4v) is 1.82. The van der Waals surface area contributed by atoms with Gasteiger partial charge < -0.3 is 9.67 Å². The van der Waals surface area contributed by atoms with E-state index >= 15 is 0 Å². The summed E-state index contributed by atoms with van der Waals surface area (Å²) >= 11 is 0. The first-order valence-corrected chi connectivity index (χ1v) is 5.75. The predicted molar refractivity (Wildman–Crippen MR) is 69.6 cm³/mol. The molecule has 2 rings (SSSR count). The molecule has 0 saturated carbocycles. The first-order valence-electron chi connectivity index (χ1n) is 5.75. The second-order valence-electron chi connectivity index (χ2n) is 3.80. The fraction of sp³-hybridized carbons (Fsp3) is 0.143. The van der Waals surface area contributed by atoms with Crippen LogP contribution in [0.3, 0.4) is 0 Å². The maximum atomic E-state index is 10.6. The van der Waals surface area contributed by atoms with Gasteiger partial charge in [-0.05, 0) is 17.7 Å². The molecule has 0 saturated heterocycles. The summed E-state index contributed by atoms with van der Waals surface area (Å²) in [6, 6.07) is 7.64. The van der Waals surface area contributed by atoms with Gasteiger partial charge in [-0.2, -0.15) is 0 Å². The Bertz CT molecular complexity index is 585. The molecule has 0 unspecified atom stereocenters. The summed E-state index contributed by atoms with van der Waals surface area (Å²) in [6.07, 6.45) is 7.19. The highest BCUT2D eigenvalue weighted by atomic mass is 16.4. The van der Waals surface area contributed by atoms with Crippen molar-refractivity contribution in [1.82, 2.24) is 9.55 Å². The Morgan fingerprint density at radius 1 is 1.44 bits per heavy atom. The average molecular weight is 242 g/mol. The number of aromatic nitrogens is 2. The predicted octanol–water partition coefficient (Wildman–Crippen LogP) is 2.53. The van der Waals surface area contributed by atoms with Crippen LogP contribution < -0.4 is 0 Å². The molecular weight excluding hydrogens is 228 g/mol. The molecule has 4 heteroatoms. The van der Waals surface area contributed by atoms with E-state index in [2.05, 4.69) is 4.98 Å². The normalized spacial score (nSPS) is 10.9. The molecule has 0 bridgehead atoms. The molecule has 0 atom stereocenters. The van der Waals surface area contributed by atoms with Crippen molar-refractivity contribution in [2.24, 2.45) is 0 Å². The number of carbonyl (C=O) groups is 1. The lowest BCUT2D eigenvalue weighted by Gasteiger charge is -2.09. The van der Waals surface area contributed by atoms with Gasteiger partial charge >= 0.3 is 5.97 Å². The summed E-state index contributed by atoms with van der Waals surface area (Å²) < 4.78 is 1.97. The Morgan fingerprint density at radius 3 is 2.94 bits per heavy atom. The first-order chi connectivity index (χ1) is 8.72. The number of benzene rings is 1. The fourth-order valence-electron chi connectivity index (χ4n) is 1.82. The lowest BCUT2D eigenvalue weighted by molar-refractivity contribution is -0.131. The Hall–Kier alpha value is -2.36. The zero-order valence-corrected chi connectivity index (χ0v) is 10.1. The molecule has 0 aliphatic heterocycles. The van der Waals surface area contributed by atoms with E-state index in [1.54, 1.807) is 12.3 Å². The number of carboxylic acid groups (broad SMARTS) is 1. The summed E-state index contributed by atoms with van der Waals surface area (Å²) in [5, 5.41) is 8.69. The van der Waals surface area contributed by atoms with Gasteiger partial charge in [-0.15, -0.1) is 0 Å². The molecule has 1 aromatic carbocycles. The van der Waals surface area contributed by atoms with Crippen LogP contribution in [0.2, 0.25) is 0 Å². The van der Waals surface area contributed by atoms with E-state index in [1.807, 2.05) is 42.0 Å². The van der Waals surface area contributed by atoms with E-state index < -0.39 is 5.97 Å². The number of para-hydroxylation sites is 1. The van der Waals surface area contributed by atoms with E-state index in [-0.39, 0.29) is 0 Å². The topological polar surface area (TPSA) is 55.1 Å². The molecule has 0 spiro atoms. The third-order valence-corrected chi connectivity index (χ3v) is 2.64. The second kappa shape index (κ2) is 5.31. The van der Waals surface area contributed by atoms with Gasteiger partial charge in [0, 0.05) is 24.9 Å². The molecule has 2 aromatic rings. The molecular formula is C14H14N2O2. The van der Waals surface area contributed by atoms with E-state index in [0.717, 1.165) is 29.6 Å². The van der Waals surface area contributed by atoms with Crippen LogP contribution in [0.25, 0.3) is 11.8 Å². The van der Waals surface area contributed by atoms with Crippen molar-refractivity contribution in [2.75, 3.05) is 0 Å². The van der Waals surface area contributed by atoms with Gasteiger partial charge in [0.15, 0.2) is 0 Å². The largest absolute Gasteiger partial charge is 0.478 e. The Balaban J connectivity index is 2.48. The third kappa shape index (κ3) is 2.48. The number of aryl methyl sites for hydroxylation is 1. The van der Waals surface area contributed by atoms with Gasteiger partial charge in [0.25, 0.3) is 0 Å². The van der Waals surface area contributed by atoms with Gasteiger partial charge in [0.2, 0.25) is 0 Å². The standard InChI is InChI=1S/C14H14N2O2/c1-2-13-15-9-10-16(13)12-6-4-3-5-11(12)7-8-14(17)18/h3-10H,2H2,1H3,(H,17,18). The first kappa shape index (κ1) is 12.1. The van der Waals surface area contributed by atoms with E-state index in [0.29, 0.717) is 0 Å². The molecule has 0 fully saturated rings. The number of rotatable bonds is 4. The van der Waals surface area contributed by atoms with Crippen LogP contribution in [0.1, 0.15) is 18.3 Å². The molecule has 0 radical (unpaired) electrons. The van der Waals surface area contributed by atoms with Crippen molar-refractivity contribution in [1.29, 1.82) is 0 Å². The van der Waals surface area contributed by atoms with Crippen LogP contribution in [0.15, 0.2) is 42.7 Å². The number of imidazole rings is 1. The maximum Gasteiger partial charge on any atom is 0.328 e. The van der Waals surface area contributed by atoms with E-state index in [1.165, 1.54) is 0 Å². The zero-order chi connectivity index (χ0) is 13.0. The summed E-state index contributed by atoms with van der Waals surface area (Å²) in [4.78, 5) is 14.9. The smallest absolute Gasteiger partial charge is 0.328 e. The molecule has 1 heterocycles. The minimum atomic E-state index is -0.953. The molecule has 1 aromatic heterocycles.